The highest BCUT2D eigenvalue weighted by molar-refractivity contribution is 5.86. The molecule has 1 aromatic heterocycles. The second-order valence-electron chi connectivity index (χ2n) is 6.24. The second-order valence-corrected chi connectivity index (χ2v) is 6.24. The molecule has 26 heavy (non-hydrogen) atoms. The Balaban J connectivity index is 1.76. The summed E-state index contributed by atoms with van der Waals surface area (Å²) in [4.78, 5) is 26.6. The number of ether oxygens (including phenoxy) is 2. The summed E-state index contributed by atoms with van der Waals surface area (Å²) in [6.45, 7) is 2.00. The van der Waals surface area contributed by atoms with Crippen LogP contribution in [0.15, 0.2) is 24.4 Å². The number of phenolic OH excluding ortho intramolecular Hbond substituents is 1. The summed E-state index contributed by atoms with van der Waals surface area (Å²) in [5.41, 5.74) is 7.50. The predicted molar refractivity (Wildman–Crippen MR) is 97.7 cm³/mol. The smallest absolute Gasteiger partial charge is 0.344 e. The van der Waals surface area contributed by atoms with Crippen LogP contribution < -0.4 is 5.73 Å². The molecule has 0 aliphatic carbocycles. The van der Waals surface area contributed by atoms with Crippen LogP contribution in [0, 0.1) is 0 Å². The number of H-pyrrole nitrogens is 1. The number of rotatable bonds is 10. The van der Waals surface area contributed by atoms with Crippen molar-refractivity contribution in [1.29, 1.82) is 0 Å². The van der Waals surface area contributed by atoms with Gasteiger partial charge in [0.05, 0.1) is 6.61 Å². The Morgan fingerprint density at radius 2 is 2.04 bits per heavy atom. The predicted octanol–water partition coefficient (Wildman–Crippen LogP) is 2.41. The number of phenols is 1. The van der Waals surface area contributed by atoms with Crippen LogP contribution in [0.1, 0.15) is 38.2 Å². The quantitative estimate of drug-likeness (QED) is 0.442. The van der Waals surface area contributed by atoms with Gasteiger partial charge >= 0.3 is 11.9 Å². The minimum Gasteiger partial charge on any atom is -0.508 e. The molecule has 1 aromatic carbocycles. The molecule has 0 saturated heterocycles. The molecular weight excluding hydrogens is 336 g/mol. The highest BCUT2D eigenvalue weighted by Gasteiger charge is 2.19. The Hall–Kier alpha value is -2.54. The van der Waals surface area contributed by atoms with Crippen LogP contribution in [-0.2, 0) is 25.5 Å². The third kappa shape index (κ3) is 5.77. The zero-order valence-corrected chi connectivity index (χ0v) is 15.0. The number of nitrogens with two attached hydrogens (primary N) is 1. The Morgan fingerprint density at radius 3 is 2.81 bits per heavy atom. The zero-order valence-electron chi connectivity index (χ0n) is 15.0. The highest BCUT2D eigenvalue weighted by Crippen LogP contribution is 2.23. The number of hydrogen-bond donors (Lipinski definition) is 3. The number of fused-ring (bicyclic) bond motifs is 1. The number of aromatic hydroxyl groups is 1. The fourth-order valence-electron chi connectivity index (χ4n) is 2.65. The summed E-state index contributed by atoms with van der Waals surface area (Å²) < 4.78 is 9.94. The van der Waals surface area contributed by atoms with E-state index in [1.54, 1.807) is 24.4 Å². The molecule has 7 nitrogen and oxygen atoms in total. The number of benzene rings is 1. The van der Waals surface area contributed by atoms with Gasteiger partial charge in [-0.2, -0.15) is 0 Å². The lowest BCUT2D eigenvalue weighted by atomic mass is 10.1. The molecule has 0 bridgehead atoms. The maximum atomic E-state index is 12.0. The molecule has 2 aromatic rings. The number of aromatic amines is 1. The van der Waals surface area contributed by atoms with E-state index in [-0.39, 0.29) is 12.2 Å². The van der Waals surface area contributed by atoms with Crippen molar-refractivity contribution >= 4 is 22.8 Å². The highest BCUT2D eigenvalue weighted by atomic mass is 16.6. The molecule has 0 amide bonds. The van der Waals surface area contributed by atoms with E-state index in [4.69, 9.17) is 15.2 Å². The van der Waals surface area contributed by atoms with Crippen molar-refractivity contribution in [3.05, 3.63) is 30.0 Å². The Kier molecular flexibility index (Phi) is 7.47. The molecule has 0 radical (unpaired) electrons. The van der Waals surface area contributed by atoms with Gasteiger partial charge in [0.2, 0.25) is 0 Å². The molecule has 1 atom stereocenters. The first-order chi connectivity index (χ1) is 12.5. The van der Waals surface area contributed by atoms with Crippen molar-refractivity contribution in [1.82, 2.24) is 4.98 Å². The average Bonchev–Trinajstić information content (AvgIpc) is 3.01. The van der Waals surface area contributed by atoms with Crippen LogP contribution in [0.25, 0.3) is 10.9 Å². The maximum absolute atomic E-state index is 12.0. The van der Waals surface area contributed by atoms with E-state index in [0.29, 0.717) is 6.61 Å². The van der Waals surface area contributed by atoms with Crippen molar-refractivity contribution in [2.45, 2.75) is 45.1 Å². The van der Waals surface area contributed by atoms with Crippen LogP contribution in [-0.4, -0.2) is 41.3 Å². The van der Waals surface area contributed by atoms with E-state index in [0.717, 1.165) is 42.1 Å². The standard InChI is InChI=1S/C19H26N2O5/c1-2-3-4-5-8-25-18(23)12-26-19(24)16(20)9-13-11-21-17-7-6-14(22)10-15(13)17/h6-7,10-11,16,21-22H,2-5,8-9,12,20H2,1H3. The fraction of sp³-hybridized carbons (Fsp3) is 0.474. The van der Waals surface area contributed by atoms with E-state index in [9.17, 15) is 14.7 Å². The van der Waals surface area contributed by atoms with Gasteiger partial charge in [0.15, 0.2) is 6.61 Å². The Labute approximate surface area is 152 Å². The molecule has 0 aliphatic heterocycles. The first kappa shape index (κ1) is 19.8. The summed E-state index contributed by atoms with van der Waals surface area (Å²) in [5.74, 6) is -1.10. The molecule has 0 saturated carbocycles. The maximum Gasteiger partial charge on any atom is 0.344 e. The van der Waals surface area contributed by atoms with Crippen molar-refractivity contribution in [2.75, 3.05) is 13.2 Å². The van der Waals surface area contributed by atoms with Crippen LogP contribution in [0.4, 0.5) is 0 Å². The molecule has 0 aliphatic rings. The summed E-state index contributed by atoms with van der Waals surface area (Å²) in [5, 5.41) is 10.4. The molecule has 4 N–H and O–H groups in total. The van der Waals surface area contributed by atoms with Crippen molar-refractivity contribution in [2.24, 2.45) is 5.73 Å². The van der Waals surface area contributed by atoms with Gasteiger partial charge in [0.25, 0.3) is 0 Å². The molecule has 1 heterocycles. The van der Waals surface area contributed by atoms with Crippen molar-refractivity contribution in [3.8, 4) is 5.75 Å². The lowest BCUT2D eigenvalue weighted by Gasteiger charge is -2.11. The Morgan fingerprint density at radius 1 is 1.23 bits per heavy atom. The van der Waals surface area contributed by atoms with Gasteiger partial charge in [-0.25, -0.2) is 4.79 Å². The normalized spacial score (nSPS) is 12.1. The zero-order chi connectivity index (χ0) is 18.9. The summed E-state index contributed by atoms with van der Waals surface area (Å²) in [6.07, 6.45) is 6.00. The largest absolute Gasteiger partial charge is 0.508 e. The fourth-order valence-corrected chi connectivity index (χ4v) is 2.65. The number of nitrogens with one attached hydrogen (secondary N) is 1. The van der Waals surface area contributed by atoms with Gasteiger partial charge in [-0.3, -0.25) is 4.79 Å². The molecule has 0 spiro atoms. The monoisotopic (exact) mass is 362 g/mol. The number of aromatic nitrogens is 1. The minimum absolute atomic E-state index is 0.135. The molecule has 1 unspecified atom stereocenters. The lowest BCUT2D eigenvalue weighted by molar-refractivity contribution is -0.159. The van der Waals surface area contributed by atoms with Crippen LogP contribution >= 0.6 is 0 Å². The number of carbonyl (C=O) groups is 2. The van der Waals surface area contributed by atoms with Gasteiger partial charge < -0.3 is 25.3 Å². The third-order valence-corrected chi connectivity index (χ3v) is 4.09. The number of esters is 2. The van der Waals surface area contributed by atoms with Gasteiger partial charge in [-0.1, -0.05) is 26.2 Å². The second kappa shape index (κ2) is 9.82. The number of carbonyl (C=O) groups excluding carboxylic acids is 2. The van der Waals surface area contributed by atoms with Crippen LogP contribution in [0.5, 0.6) is 5.75 Å². The van der Waals surface area contributed by atoms with E-state index >= 15 is 0 Å². The first-order valence-corrected chi connectivity index (χ1v) is 8.88. The summed E-state index contributed by atoms with van der Waals surface area (Å²) in [7, 11) is 0. The van der Waals surface area contributed by atoms with E-state index in [2.05, 4.69) is 11.9 Å². The van der Waals surface area contributed by atoms with Gasteiger partial charge in [-0.15, -0.1) is 0 Å². The summed E-state index contributed by atoms with van der Waals surface area (Å²) in [6, 6.07) is 4.02. The first-order valence-electron chi connectivity index (χ1n) is 8.88. The van der Waals surface area contributed by atoms with Gasteiger partial charge in [0.1, 0.15) is 11.8 Å². The van der Waals surface area contributed by atoms with Crippen LogP contribution in [0.2, 0.25) is 0 Å². The molecular formula is C19H26N2O5. The van der Waals surface area contributed by atoms with Gasteiger partial charge in [0, 0.05) is 23.5 Å². The van der Waals surface area contributed by atoms with Crippen LogP contribution in [0.3, 0.4) is 0 Å². The SMILES string of the molecule is CCCCCCOC(=O)COC(=O)C(N)Cc1c[nH]c2ccc(O)cc12. The van der Waals surface area contributed by atoms with E-state index < -0.39 is 24.6 Å². The Bertz CT molecular complexity index is 741. The third-order valence-electron chi connectivity index (χ3n) is 4.09. The van der Waals surface area contributed by atoms with Crippen molar-refractivity contribution in [3.63, 3.8) is 0 Å². The van der Waals surface area contributed by atoms with Crippen molar-refractivity contribution < 1.29 is 24.2 Å². The minimum atomic E-state index is -0.909. The van der Waals surface area contributed by atoms with E-state index in [1.807, 2.05) is 0 Å². The number of hydrogen-bond acceptors (Lipinski definition) is 6. The molecule has 142 valence electrons. The summed E-state index contributed by atoms with van der Waals surface area (Å²) >= 11 is 0. The average molecular weight is 362 g/mol. The molecule has 2 rings (SSSR count). The lowest BCUT2D eigenvalue weighted by Crippen LogP contribution is -2.35. The topological polar surface area (TPSA) is 115 Å². The van der Waals surface area contributed by atoms with Gasteiger partial charge in [-0.05, 0) is 30.2 Å². The molecule has 7 heteroatoms. The van der Waals surface area contributed by atoms with E-state index in [1.165, 1.54) is 0 Å². The number of unbranched alkanes of at least 4 members (excludes halogenated alkanes) is 3. The molecule has 0 fully saturated rings.